The minimum absolute atomic E-state index is 0.0130. The van der Waals surface area contributed by atoms with Crippen molar-refractivity contribution in [3.05, 3.63) is 40.4 Å². The van der Waals surface area contributed by atoms with Crippen LogP contribution in [0.25, 0.3) is 16.7 Å². The molecule has 4 rings (SSSR count). The highest BCUT2D eigenvalue weighted by Crippen LogP contribution is 2.16. The molecule has 0 bridgehead atoms. The molecule has 1 aromatic carbocycles. The zero-order chi connectivity index (χ0) is 15.8. The van der Waals surface area contributed by atoms with Crippen molar-refractivity contribution in [3.8, 4) is 0 Å². The molecule has 0 amide bonds. The van der Waals surface area contributed by atoms with Crippen LogP contribution in [0.2, 0.25) is 0 Å². The third-order valence-electron chi connectivity index (χ3n) is 4.36. The van der Waals surface area contributed by atoms with Gasteiger partial charge < -0.3 is 4.74 Å². The van der Waals surface area contributed by atoms with Gasteiger partial charge in [-0.1, -0.05) is 12.1 Å². The maximum atomic E-state index is 12.6. The molecular weight excluding hydrogens is 294 g/mol. The molecule has 3 heterocycles. The minimum atomic E-state index is -0.0130. The lowest BCUT2D eigenvalue weighted by Gasteiger charge is -2.25. The number of hydrogen-bond acceptors (Lipinski definition) is 5. The first kappa shape index (κ1) is 14.3. The second-order valence-corrected chi connectivity index (χ2v) is 5.71. The molecule has 120 valence electrons. The summed E-state index contributed by atoms with van der Waals surface area (Å²) in [6.45, 7) is 6.50. The van der Waals surface area contributed by atoms with Gasteiger partial charge in [-0.25, -0.2) is 0 Å². The van der Waals surface area contributed by atoms with E-state index in [-0.39, 0.29) is 5.56 Å². The molecule has 1 aliphatic heterocycles. The van der Waals surface area contributed by atoms with Crippen LogP contribution in [0.1, 0.15) is 12.7 Å². The van der Waals surface area contributed by atoms with E-state index in [9.17, 15) is 4.79 Å². The van der Waals surface area contributed by atoms with Gasteiger partial charge >= 0.3 is 0 Å². The third-order valence-corrected chi connectivity index (χ3v) is 4.36. The van der Waals surface area contributed by atoms with Crippen molar-refractivity contribution in [2.75, 3.05) is 26.3 Å². The van der Waals surface area contributed by atoms with Crippen molar-refractivity contribution >= 4 is 16.7 Å². The summed E-state index contributed by atoms with van der Waals surface area (Å²) in [6, 6.07) is 7.65. The first-order chi connectivity index (χ1) is 11.3. The molecule has 7 nitrogen and oxygen atoms in total. The second-order valence-electron chi connectivity index (χ2n) is 5.71. The monoisotopic (exact) mass is 313 g/mol. The van der Waals surface area contributed by atoms with E-state index >= 15 is 0 Å². The van der Waals surface area contributed by atoms with Gasteiger partial charge in [-0.3, -0.25) is 18.7 Å². The Balaban J connectivity index is 1.92. The second kappa shape index (κ2) is 5.75. The van der Waals surface area contributed by atoms with Crippen LogP contribution in [0.5, 0.6) is 0 Å². The Labute approximate surface area is 133 Å². The molecule has 23 heavy (non-hydrogen) atoms. The minimum Gasteiger partial charge on any atom is -0.379 e. The number of morpholine rings is 1. The highest BCUT2D eigenvalue weighted by Gasteiger charge is 2.18. The summed E-state index contributed by atoms with van der Waals surface area (Å²) in [5, 5.41) is 9.34. The Bertz CT molecular complexity index is 908. The molecule has 0 atom stereocenters. The summed E-state index contributed by atoms with van der Waals surface area (Å²) >= 11 is 0. The Morgan fingerprint density at radius 3 is 2.74 bits per heavy atom. The summed E-state index contributed by atoms with van der Waals surface area (Å²) in [5.74, 6) is 1.47. The molecule has 0 radical (unpaired) electrons. The van der Waals surface area contributed by atoms with Gasteiger partial charge in [0.15, 0.2) is 5.82 Å². The van der Waals surface area contributed by atoms with Gasteiger partial charge in [-0.15, -0.1) is 10.2 Å². The quantitative estimate of drug-likeness (QED) is 0.719. The molecule has 2 aromatic heterocycles. The van der Waals surface area contributed by atoms with Crippen molar-refractivity contribution in [2.24, 2.45) is 0 Å². The van der Waals surface area contributed by atoms with Gasteiger partial charge in [-0.2, -0.15) is 0 Å². The van der Waals surface area contributed by atoms with Crippen LogP contribution in [0.15, 0.2) is 29.1 Å². The Hall–Kier alpha value is -2.25. The van der Waals surface area contributed by atoms with E-state index in [4.69, 9.17) is 4.74 Å². The molecule has 0 N–H and O–H groups in total. The number of rotatable bonds is 3. The summed E-state index contributed by atoms with van der Waals surface area (Å²) in [4.78, 5) is 14.9. The average molecular weight is 313 g/mol. The first-order valence-corrected chi connectivity index (χ1v) is 7.95. The van der Waals surface area contributed by atoms with Crippen molar-refractivity contribution in [2.45, 2.75) is 20.0 Å². The fourth-order valence-corrected chi connectivity index (χ4v) is 3.16. The molecule has 3 aromatic rings. The molecule has 0 aliphatic carbocycles. The van der Waals surface area contributed by atoms with E-state index in [1.54, 1.807) is 4.57 Å². The lowest BCUT2D eigenvalue weighted by atomic mass is 10.2. The normalized spacial score (nSPS) is 16.4. The fraction of sp³-hybridized carbons (Fsp3) is 0.438. The third kappa shape index (κ3) is 2.32. The zero-order valence-corrected chi connectivity index (χ0v) is 13.1. The summed E-state index contributed by atoms with van der Waals surface area (Å²) in [6.07, 6.45) is 0. The number of hydrogen-bond donors (Lipinski definition) is 0. The van der Waals surface area contributed by atoms with Crippen molar-refractivity contribution in [1.82, 2.24) is 24.1 Å². The number of aromatic nitrogens is 4. The van der Waals surface area contributed by atoms with Crippen LogP contribution in [-0.4, -0.2) is 50.4 Å². The molecule has 1 fully saturated rings. The van der Waals surface area contributed by atoms with E-state index < -0.39 is 0 Å². The number of aryl methyl sites for hydroxylation is 1. The predicted molar refractivity (Wildman–Crippen MR) is 86.5 cm³/mol. The summed E-state index contributed by atoms with van der Waals surface area (Å²) in [5.41, 5.74) is 0.853. The maximum Gasteiger partial charge on any atom is 0.262 e. The molecule has 7 heteroatoms. The number of benzene rings is 1. The predicted octanol–water partition coefficient (Wildman–Crippen LogP) is 0.896. The summed E-state index contributed by atoms with van der Waals surface area (Å²) < 4.78 is 9.09. The van der Waals surface area contributed by atoms with Crippen LogP contribution in [0, 0.1) is 0 Å². The number of fused-ring (bicyclic) bond motifs is 3. The molecule has 0 unspecified atom stereocenters. The summed E-state index contributed by atoms with van der Waals surface area (Å²) in [7, 11) is 0. The lowest BCUT2D eigenvalue weighted by molar-refractivity contribution is 0.0329. The Kier molecular flexibility index (Phi) is 3.59. The van der Waals surface area contributed by atoms with Gasteiger partial charge in [-0.05, 0) is 19.1 Å². The number of para-hydroxylation sites is 1. The molecular formula is C16H19N5O2. The molecule has 1 saturated heterocycles. The van der Waals surface area contributed by atoms with Crippen LogP contribution in [-0.2, 0) is 17.8 Å². The Morgan fingerprint density at radius 2 is 1.96 bits per heavy atom. The van der Waals surface area contributed by atoms with Gasteiger partial charge in [0.25, 0.3) is 5.56 Å². The van der Waals surface area contributed by atoms with Gasteiger partial charge in [0.05, 0.1) is 30.7 Å². The lowest BCUT2D eigenvalue weighted by Crippen LogP contribution is -2.36. The maximum absolute atomic E-state index is 12.6. The van der Waals surface area contributed by atoms with Crippen LogP contribution in [0.4, 0.5) is 0 Å². The Morgan fingerprint density at radius 1 is 1.17 bits per heavy atom. The fourth-order valence-electron chi connectivity index (χ4n) is 3.16. The van der Waals surface area contributed by atoms with E-state index in [2.05, 4.69) is 15.1 Å². The SMILES string of the molecule is CCn1c(=O)c2ccccc2n2c(CN3CCOCC3)nnc12. The van der Waals surface area contributed by atoms with Crippen LogP contribution >= 0.6 is 0 Å². The zero-order valence-electron chi connectivity index (χ0n) is 13.1. The van der Waals surface area contributed by atoms with Crippen LogP contribution < -0.4 is 5.56 Å². The highest BCUT2D eigenvalue weighted by atomic mass is 16.5. The standard InChI is InChI=1S/C16H19N5O2/c1-2-20-15(22)12-5-3-4-6-13(12)21-14(17-18-16(20)21)11-19-7-9-23-10-8-19/h3-6H,2,7-11H2,1H3. The van der Waals surface area contributed by atoms with Crippen molar-refractivity contribution in [1.29, 1.82) is 0 Å². The van der Waals surface area contributed by atoms with E-state index in [1.165, 1.54) is 0 Å². The smallest absolute Gasteiger partial charge is 0.262 e. The van der Waals surface area contributed by atoms with Gasteiger partial charge in [0.2, 0.25) is 5.78 Å². The number of nitrogens with zero attached hydrogens (tertiary/aromatic N) is 5. The average Bonchev–Trinajstić information content (AvgIpc) is 3.00. The van der Waals surface area contributed by atoms with Crippen molar-refractivity contribution < 1.29 is 4.74 Å². The van der Waals surface area contributed by atoms with E-state index in [0.29, 0.717) is 24.3 Å². The van der Waals surface area contributed by atoms with E-state index in [1.807, 2.05) is 35.6 Å². The largest absolute Gasteiger partial charge is 0.379 e. The topological polar surface area (TPSA) is 64.7 Å². The van der Waals surface area contributed by atoms with Crippen LogP contribution in [0.3, 0.4) is 0 Å². The van der Waals surface area contributed by atoms with Crippen molar-refractivity contribution in [3.63, 3.8) is 0 Å². The first-order valence-electron chi connectivity index (χ1n) is 7.95. The number of ether oxygens (including phenoxy) is 1. The molecule has 0 saturated carbocycles. The van der Waals surface area contributed by atoms with Gasteiger partial charge in [0.1, 0.15) is 0 Å². The molecule has 1 aliphatic rings. The highest BCUT2D eigenvalue weighted by molar-refractivity contribution is 5.80. The van der Waals surface area contributed by atoms with E-state index in [0.717, 1.165) is 37.6 Å². The molecule has 0 spiro atoms. The van der Waals surface area contributed by atoms with Gasteiger partial charge in [0, 0.05) is 19.6 Å².